The highest BCUT2D eigenvalue weighted by Crippen LogP contribution is 2.05. The molecule has 0 spiro atoms. The monoisotopic (exact) mass is 219 g/mol. The van der Waals surface area contributed by atoms with Gasteiger partial charge in [0.25, 0.3) is 0 Å². The fourth-order valence-electron chi connectivity index (χ4n) is 1.19. The number of aliphatic carboxylic acids is 1. The Kier molecular flexibility index (Phi) is 7.99. The minimum atomic E-state index is -0.736. The van der Waals surface area contributed by atoms with Gasteiger partial charge in [-0.05, 0) is 18.1 Å². The lowest BCUT2D eigenvalue weighted by molar-refractivity contribution is -0.139. The van der Waals surface area contributed by atoms with Crippen LogP contribution in [-0.4, -0.2) is 35.2 Å². The number of nitrogens with one attached hydrogen (secondary N) is 1. The highest BCUT2D eigenvalue weighted by molar-refractivity contribution is 7.99. The van der Waals surface area contributed by atoms with Crippen LogP contribution in [0.4, 0.5) is 0 Å². The van der Waals surface area contributed by atoms with Crippen molar-refractivity contribution < 1.29 is 9.90 Å². The van der Waals surface area contributed by atoms with Gasteiger partial charge in [-0.3, -0.25) is 4.79 Å². The summed E-state index contributed by atoms with van der Waals surface area (Å²) in [6.45, 7) is 6.96. The third-order valence-electron chi connectivity index (χ3n) is 1.85. The van der Waals surface area contributed by atoms with Gasteiger partial charge in [0.15, 0.2) is 0 Å². The molecule has 14 heavy (non-hydrogen) atoms. The second kappa shape index (κ2) is 8.12. The van der Waals surface area contributed by atoms with Crippen LogP contribution in [0.1, 0.15) is 27.2 Å². The largest absolute Gasteiger partial charge is 0.480 e. The average Bonchev–Trinajstić information content (AvgIpc) is 2.09. The molecule has 0 aliphatic rings. The number of carbonyl (C=O) groups is 1. The third kappa shape index (κ3) is 7.21. The number of carboxylic acids is 1. The van der Waals surface area contributed by atoms with Crippen molar-refractivity contribution in [3.63, 3.8) is 0 Å². The Morgan fingerprint density at radius 1 is 1.50 bits per heavy atom. The highest BCUT2D eigenvalue weighted by atomic mass is 32.2. The van der Waals surface area contributed by atoms with Crippen molar-refractivity contribution in [1.82, 2.24) is 5.32 Å². The molecule has 2 N–H and O–H groups in total. The summed E-state index contributed by atoms with van der Waals surface area (Å²) in [5, 5.41) is 12.0. The molecule has 84 valence electrons. The van der Waals surface area contributed by atoms with Crippen LogP contribution in [0.3, 0.4) is 0 Å². The molecule has 0 aliphatic heterocycles. The minimum Gasteiger partial charge on any atom is -0.480 e. The molecule has 0 saturated heterocycles. The first-order valence-electron chi connectivity index (χ1n) is 5.11. The lowest BCUT2D eigenvalue weighted by Gasteiger charge is -2.15. The molecule has 0 heterocycles. The van der Waals surface area contributed by atoms with Gasteiger partial charge in [-0.2, -0.15) is 11.8 Å². The number of hydrogen-bond donors (Lipinski definition) is 2. The lowest BCUT2D eigenvalue weighted by Crippen LogP contribution is -2.38. The maximum atomic E-state index is 10.8. The molecule has 0 unspecified atom stereocenters. The first kappa shape index (κ1) is 13.8. The number of thioether (sulfide) groups is 1. The zero-order valence-electron chi connectivity index (χ0n) is 9.25. The van der Waals surface area contributed by atoms with Crippen molar-refractivity contribution >= 4 is 17.7 Å². The number of carboxylic acid groups (broad SMARTS) is 1. The second-order valence-corrected chi connectivity index (χ2v) is 5.07. The molecule has 0 amide bonds. The van der Waals surface area contributed by atoms with E-state index in [4.69, 9.17) is 5.11 Å². The fraction of sp³-hybridized carbons (Fsp3) is 0.900. The zero-order valence-corrected chi connectivity index (χ0v) is 10.1. The first-order chi connectivity index (χ1) is 6.57. The predicted octanol–water partition coefficient (Wildman–Crippen LogP) is 1.83. The molecule has 0 aromatic rings. The van der Waals surface area contributed by atoms with Gasteiger partial charge in [-0.1, -0.05) is 20.8 Å². The maximum Gasteiger partial charge on any atom is 0.320 e. The molecule has 0 aliphatic carbocycles. The Bertz CT molecular complexity index is 162. The van der Waals surface area contributed by atoms with Crippen molar-refractivity contribution in [1.29, 1.82) is 0 Å². The van der Waals surface area contributed by atoms with E-state index in [9.17, 15) is 4.79 Å². The van der Waals surface area contributed by atoms with Crippen LogP contribution >= 0.6 is 11.8 Å². The van der Waals surface area contributed by atoms with E-state index in [1.165, 1.54) is 0 Å². The summed E-state index contributed by atoms with van der Waals surface area (Å²) in [7, 11) is 0. The first-order valence-corrected chi connectivity index (χ1v) is 6.27. The van der Waals surface area contributed by atoms with Crippen molar-refractivity contribution in [2.45, 2.75) is 33.2 Å². The highest BCUT2D eigenvalue weighted by Gasteiger charge is 2.17. The Morgan fingerprint density at radius 3 is 2.57 bits per heavy atom. The van der Waals surface area contributed by atoms with Gasteiger partial charge in [0.05, 0.1) is 0 Å². The molecule has 0 bridgehead atoms. The Labute approximate surface area is 90.7 Å². The van der Waals surface area contributed by atoms with Gasteiger partial charge < -0.3 is 10.4 Å². The van der Waals surface area contributed by atoms with Gasteiger partial charge in [0.1, 0.15) is 6.04 Å². The summed E-state index contributed by atoms with van der Waals surface area (Å²) >= 11 is 1.83. The molecular formula is C10H21NO2S. The summed E-state index contributed by atoms with van der Waals surface area (Å²) in [6, 6.07) is -0.382. The summed E-state index contributed by atoms with van der Waals surface area (Å²) in [6.07, 6.45) is 0.701. The number of hydrogen-bond acceptors (Lipinski definition) is 3. The average molecular weight is 219 g/mol. The van der Waals surface area contributed by atoms with Crippen molar-refractivity contribution in [3.8, 4) is 0 Å². The molecule has 0 radical (unpaired) electrons. The normalized spacial score (nSPS) is 13.1. The molecule has 4 heteroatoms. The van der Waals surface area contributed by atoms with E-state index < -0.39 is 5.97 Å². The molecule has 0 rings (SSSR count). The molecule has 1 atom stereocenters. The zero-order chi connectivity index (χ0) is 11.0. The van der Waals surface area contributed by atoms with Gasteiger partial charge in [-0.25, -0.2) is 0 Å². The summed E-state index contributed by atoms with van der Waals surface area (Å²) in [4.78, 5) is 10.8. The van der Waals surface area contributed by atoms with Crippen LogP contribution < -0.4 is 5.32 Å². The van der Waals surface area contributed by atoms with Gasteiger partial charge in [0.2, 0.25) is 0 Å². The van der Waals surface area contributed by atoms with Crippen LogP contribution in [0, 0.1) is 5.92 Å². The molecule has 0 aromatic heterocycles. The topological polar surface area (TPSA) is 49.3 Å². The second-order valence-electron chi connectivity index (χ2n) is 3.67. The van der Waals surface area contributed by atoms with E-state index >= 15 is 0 Å². The molecule has 0 fully saturated rings. The van der Waals surface area contributed by atoms with Gasteiger partial charge in [-0.15, -0.1) is 0 Å². The Morgan fingerprint density at radius 2 is 2.14 bits per heavy atom. The third-order valence-corrected chi connectivity index (χ3v) is 2.75. The van der Waals surface area contributed by atoms with Crippen LogP contribution in [0.15, 0.2) is 0 Å². The Hall–Kier alpha value is -0.220. The van der Waals surface area contributed by atoms with Crippen LogP contribution in [0.5, 0.6) is 0 Å². The smallest absolute Gasteiger partial charge is 0.320 e. The van der Waals surface area contributed by atoms with Crippen LogP contribution in [0.2, 0.25) is 0 Å². The van der Waals surface area contributed by atoms with Crippen molar-refractivity contribution in [3.05, 3.63) is 0 Å². The summed E-state index contributed by atoms with van der Waals surface area (Å²) in [5.74, 6) is 1.75. The molecule has 0 aromatic carbocycles. The number of rotatable bonds is 8. The van der Waals surface area contributed by atoms with E-state index in [-0.39, 0.29) is 6.04 Å². The summed E-state index contributed by atoms with van der Waals surface area (Å²) < 4.78 is 0. The standard InChI is InChI=1S/C10H21NO2S/c1-4-14-6-5-11-9(10(12)13)7-8(2)3/h8-9,11H,4-7H2,1-3H3,(H,12,13)/t9-/m0/s1. The molecule has 3 nitrogen and oxygen atoms in total. The van der Waals surface area contributed by atoms with E-state index in [0.29, 0.717) is 12.3 Å². The predicted molar refractivity (Wildman–Crippen MR) is 61.9 cm³/mol. The SMILES string of the molecule is CCSCCN[C@@H](CC(C)C)C(=O)O. The van der Waals surface area contributed by atoms with Crippen molar-refractivity contribution in [2.75, 3.05) is 18.1 Å². The van der Waals surface area contributed by atoms with Crippen molar-refractivity contribution in [2.24, 2.45) is 5.92 Å². The summed E-state index contributed by atoms with van der Waals surface area (Å²) in [5.41, 5.74) is 0. The fourth-order valence-corrected chi connectivity index (χ4v) is 1.74. The molecule has 0 saturated carbocycles. The van der Waals surface area contributed by atoms with Gasteiger partial charge >= 0.3 is 5.97 Å². The van der Waals surface area contributed by atoms with E-state index in [1.54, 1.807) is 0 Å². The minimum absolute atomic E-state index is 0.382. The van der Waals surface area contributed by atoms with Crippen LogP contribution in [0.25, 0.3) is 0 Å². The maximum absolute atomic E-state index is 10.8. The van der Waals surface area contributed by atoms with Gasteiger partial charge in [0, 0.05) is 12.3 Å². The molecular weight excluding hydrogens is 198 g/mol. The van der Waals surface area contributed by atoms with E-state index in [1.807, 2.05) is 25.6 Å². The van der Waals surface area contributed by atoms with E-state index in [0.717, 1.165) is 18.1 Å². The Balaban J connectivity index is 3.68. The quantitative estimate of drug-likeness (QED) is 0.611. The lowest BCUT2D eigenvalue weighted by atomic mass is 10.0. The van der Waals surface area contributed by atoms with Crippen LogP contribution in [-0.2, 0) is 4.79 Å². The van der Waals surface area contributed by atoms with E-state index in [2.05, 4.69) is 12.2 Å².